The molecular weight excluding hydrogens is 208 g/mol. The Morgan fingerprint density at radius 1 is 1.56 bits per heavy atom. The Hall–Kier alpha value is -1.85. The first-order valence-electron chi connectivity index (χ1n) is 5.20. The van der Waals surface area contributed by atoms with E-state index in [2.05, 4.69) is 5.10 Å². The average Bonchev–Trinajstić information content (AvgIpc) is 2.64. The van der Waals surface area contributed by atoms with Gasteiger partial charge in [-0.1, -0.05) is 13.3 Å². The van der Waals surface area contributed by atoms with Crippen molar-refractivity contribution in [2.24, 2.45) is 14.1 Å². The third-order valence-corrected chi connectivity index (χ3v) is 2.66. The van der Waals surface area contributed by atoms with Gasteiger partial charge in [-0.05, 0) is 16.0 Å². The van der Waals surface area contributed by atoms with Crippen molar-refractivity contribution in [1.82, 2.24) is 14.2 Å². The molecule has 0 saturated heterocycles. The summed E-state index contributed by atoms with van der Waals surface area (Å²) in [7, 11) is 3.40. The van der Waals surface area contributed by atoms with Crippen LogP contribution in [0.1, 0.15) is 18.9 Å². The summed E-state index contributed by atoms with van der Waals surface area (Å²) in [6, 6.07) is 0. The molecule has 86 valence electrons. The minimum absolute atomic E-state index is 0.226. The molecular formula is C10H14N4O2. The summed E-state index contributed by atoms with van der Waals surface area (Å²) in [6.07, 6.45) is 2.78. The Balaban J connectivity index is 2.91. The standard InChI is InChI=1S/C10H14N4O2/c1-4-5-7-8(15)13(3)10-12(2)6-11-14(10)9(7)16/h6H,4-5H2,1-3H3. The van der Waals surface area contributed by atoms with Gasteiger partial charge in [0.2, 0.25) is 6.33 Å². The molecule has 0 atom stereocenters. The number of aryl methyl sites for hydroxylation is 2. The predicted molar refractivity (Wildman–Crippen MR) is 55.1 cm³/mol. The van der Waals surface area contributed by atoms with Crippen LogP contribution in [0.25, 0.3) is 5.78 Å². The van der Waals surface area contributed by atoms with E-state index in [0.717, 1.165) is 6.42 Å². The van der Waals surface area contributed by atoms with Gasteiger partial charge in [0.15, 0.2) is 0 Å². The Kier molecular flexibility index (Phi) is 2.41. The smallest absolute Gasteiger partial charge is 0.358 e. The Morgan fingerprint density at radius 2 is 2.25 bits per heavy atom. The van der Waals surface area contributed by atoms with Crippen LogP contribution >= 0.6 is 0 Å². The Labute approximate surface area is 92.4 Å². The summed E-state index contributed by atoms with van der Waals surface area (Å²) in [5.74, 6) is 0.269. The summed E-state index contributed by atoms with van der Waals surface area (Å²) in [4.78, 5) is 12.0. The summed E-state index contributed by atoms with van der Waals surface area (Å²) in [6.45, 7) is 1.94. The third kappa shape index (κ3) is 1.30. The molecule has 16 heavy (non-hydrogen) atoms. The Bertz CT molecular complexity index is 597. The second-order valence-electron chi connectivity index (χ2n) is 3.85. The van der Waals surface area contributed by atoms with Gasteiger partial charge in [-0.25, -0.2) is 4.57 Å². The van der Waals surface area contributed by atoms with E-state index in [4.69, 9.17) is 0 Å². The molecule has 0 amide bonds. The van der Waals surface area contributed by atoms with Gasteiger partial charge in [-0.3, -0.25) is 9.36 Å². The molecule has 0 bridgehead atoms. The lowest BCUT2D eigenvalue weighted by atomic mass is 10.2. The lowest BCUT2D eigenvalue weighted by Crippen LogP contribution is -2.34. The molecule has 0 spiro atoms. The highest BCUT2D eigenvalue weighted by molar-refractivity contribution is 5.32. The van der Waals surface area contributed by atoms with E-state index in [1.165, 1.54) is 15.4 Å². The number of aromatic nitrogens is 4. The zero-order valence-electron chi connectivity index (χ0n) is 9.60. The van der Waals surface area contributed by atoms with Crippen molar-refractivity contribution >= 4 is 5.78 Å². The number of nitrogens with zero attached hydrogens (tertiary/aromatic N) is 4. The number of fused-ring (bicyclic) bond motifs is 1. The SMILES string of the molecule is CCCc1c([O-])n(C)c2n(nc[n+]2C)c1=O. The van der Waals surface area contributed by atoms with Crippen molar-refractivity contribution < 1.29 is 9.67 Å². The van der Waals surface area contributed by atoms with Crippen LogP contribution in [-0.4, -0.2) is 14.2 Å². The maximum Gasteiger partial charge on any atom is 0.358 e. The van der Waals surface area contributed by atoms with Gasteiger partial charge < -0.3 is 5.11 Å². The molecule has 2 aromatic heterocycles. The first-order valence-corrected chi connectivity index (χ1v) is 5.20. The van der Waals surface area contributed by atoms with Crippen molar-refractivity contribution in [3.63, 3.8) is 0 Å². The van der Waals surface area contributed by atoms with Gasteiger partial charge in [-0.2, -0.15) is 0 Å². The third-order valence-electron chi connectivity index (χ3n) is 2.66. The molecule has 2 aromatic rings. The molecule has 2 rings (SSSR count). The van der Waals surface area contributed by atoms with Crippen molar-refractivity contribution in [3.8, 4) is 5.88 Å². The normalized spacial score (nSPS) is 11.2. The fourth-order valence-electron chi connectivity index (χ4n) is 1.88. The van der Waals surface area contributed by atoms with E-state index >= 15 is 0 Å². The van der Waals surface area contributed by atoms with Crippen molar-refractivity contribution in [1.29, 1.82) is 0 Å². The Morgan fingerprint density at radius 3 is 2.88 bits per heavy atom. The van der Waals surface area contributed by atoms with Crippen LogP contribution in [0, 0.1) is 0 Å². The average molecular weight is 222 g/mol. The largest absolute Gasteiger partial charge is 0.851 e. The van der Waals surface area contributed by atoms with Crippen LogP contribution < -0.4 is 15.2 Å². The van der Waals surface area contributed by atoms with Crippen molar-refractivity contribution in [2.75, 3.05) is 0 Å². The molecule has 6 heteroatoms. The number of hydrogen-bond donors (Lipinski definition) is 0. The summed E-state index contributed by atoms with van der Waals surface area (Å²) in [5, 5.41) is 15.9. The van der Waals surface area contributed by atoms with E-state index in [1.54, 1.807) is 18.7 Å². The summed E-state index contributed by atoms with van der Waals surface area (Å²) < 4.78 is 4.38. The highest BCUT2D eigenvalue weighted by Crippen LogP contribution is 2.11. The number of hydrogen-bond acceptors (Lipinski definition) is 3. The molecule has 0 aliphatic rings. The van der Waals surface area contributed by atoms with E-state index in [-0.39, 0.29) is 11.4 Å². The van der Waals surface area contributed by atoms with Gasteiger partial charge in [0.05, 0.1) is 12.6 Å². The molecule has 0 aliphatic carbocycles. The fraction of sp³-hybridized carbons (Fsp3) is 0.500. The van der Waals surface area contributed by atoms with Gasteiger partial charge in [0.25, 0.3) is 0 Å². The fourth-order valence-corrected chi connectivity index (χ4v) is 1.88. The first kappa shape index (κ1) is 10.7. The molecule has 0 aliphatic heterocycles. The minimum atomic E-state index is -0.305. The van der Waals surface area contributed by atoms with E-state index in [0.29, 0.717) is 17.8 Å². The predicted octanol–water partition coefficient (Wildman–Crippen LogP) is -1.12. The van der Waals surface area contributed by atoms with E-state index < -0.39 is 0 Å². The highest BCUT2D eigenvalue weighted by atomic mass is 16.3. The van der Waals surface area contributed by atoms with Crippen LogP contribution in [0.4, 0.5) is 0 Å². The van der Waals surface area contributed by atoms with Crippen LogP contribution in [0.2, 0.25) is 0 Å². The molecule has 0 N–H and O–H groups in total. The van der Waals surface area contributed by atoms with E-state index in [1.807, 2.05) is 6.92 Å². The molecule has 0 radical (unpaired) electrons. The van der Waals surface area contributed by atoms with Crippen LogP contribution in [0.15, 0.2) is 11.1 Å². The molecule has 0 saturated carbocycles. The van der Waals surface area contributed by atoms with Gasteiger partial charge >= 0.3 is 11.3 Å². The second-order valence-corrected chi connectivity index (χ2v) is 3.85. The minimum Gasteiger partial charge on any atom is -0.851 e. The molecule has 0 fully saturated rings. The van der Waals surface area contributed by atoms with Crippen LogP contribution in [-0.2, 0) is 20.5 Å². The van der Waals surface area contributed by atoms with Gasteiger partial charge in [-0.15, -0.1) is 0 Å². The van der Waals surface area contributed by atoms with Crippen molar-refractivity contribution in [2.45, 2.75) is 19.8 Å². The lowest BCUT2D eigenvalue weighted by molar-refractivity contribution is -0.649. The maximum absolute atomic E-state index is 12.0. The van der Waals surface area contributed by atoms with Crippen LogP contribution in [0.5, 0.6) is 5.88 Å². The topological polar surface area (TPSA) is 66.2 Å². The zero-order valence-corrected chi connectivity index (χ0v) is 9.60. The van der Waals surface area contributed by atoms with Crippen molar-refractivity contribution in [3.05, 3.63) is 22.2 Å². The molecule has 6 nitrogen and oxygen atoms in total. The highest BCUT2D eigenvalue weighted by Gasteiger charge is 2.18. The first-order chi connectivity index (χ1) is 7.57. The van der Waals surface area contributed by atoms with Gasteiger partial charge in [0.1, 0.15) is 0 Å². The molecule has 0 aromatic carbocycles. The zero-order chi connectivity index (χ0) is 11.9. The monoisotopic (exact) mass is 222 g/mol. The lowest BCUT2D eigenvalue weighted by Gasteiger charge is -2.13. The quantitative estimate of drug-likeness (QED) is 0.605. The number of rotatable bonds is 2. The maximum atomic E-state index is 12.0. The molecule has 0 unspecified atom stereocenters. The van der Waals surface area contributed by atoms with Gasteiger partial charge in [0, 0.05) is 12.9 Å². The van der Waals surface area contributed by atoms with Crippen LogP contribution in [0.3, 0.4) is 0 Å². The second kappa shape index (κ2) is 3.62. The molecule has 2 heterocycles. The summed E-state index contributed by atoms with van der Waals surface area (Å²) >= 11 is 0. The summed E-state index contributed by atoms with van der Waals surface area (Å²) in [5.41, 5.74) is 0.00162. The van der Waals surface area contributed by atoms with E-state index in [9.17, 15) is 9.90 Å².